The van der Waals surface area contributed by atoms with Crippen LogP contribution < -0.4 is 0 Å². The number of carbonyl (C=O) groups is 1. The van der Waals surface area contributed by atoms with E-state index in [-0.39, 0.29) is 17.5 Å². The van der Waals surface area contributed by atoms with Gasteiger partial charge in [0.05, 0.1) is 0 Å². The first-order chi connectivity index (χ1) is 10.1. The Labute approximate surface area is 127 Å². The van der Waals surface area contributed by atoms with E-state index in [9.17, 15) is 9.18 Å². The molecule has 0 amide bonds. The summed E-state index contributed by atoms with van der Waals surface area (Å²) in [5.74, 6) is 0.145. The van der Waals surface area contributed by atoms with Crippen LogP contribution in [0.4, 0.5) is 4.39 Å². The number of nitrogens with zero attached hydrogens (tertiary/aromatic N) is 1. The molecule has 0 aromatic heterocycles. The van der Waals surface area contributed by atoms with E-state index in [1.807, 2.05) is 12.1 Å². The fraction of sp³-hybridized carbons (Fsp3) is 0.611. The van der Waals surface area contributed by atoms with Crippen molar-refractivity contribution in [3.63, 3.8) is 0 Å². The number of Topliss-reactive ketones (excluding diaryl/α,β-unsaturated/α-hetero) is 1. The molecule has 2 rings (SSSR count). The smallest absolute Gasteiger partial charge is 0.134 e. The molecular weight excluding hydrogens is 265 g/mol. The summed E-state index contributed by atoms with van der Waals surface area (Å²) >= 11 is 0. The van der Waals surface area contributed by atoms with Gasteiger partial charge in [0.25, 0.3) is 0 Å². The average molecular weight is 291 g/mol. The van der Waals surface area contributed by atoms with Crippen LogP contribution in [0.5, 0.6) is 0 Å². The lowest BCUT2D eigenvalue weighted by Crippen LogP contribution is -2.44. The fourth-order valence-corrected chi connectivity index (χ4v) is 3.34. The van der Waals surface area contributed by atoms with Crippen molar-refractivity contribution < 1.29 is 9.18 Å². The van der Waals surface area contributed by atoms with Gasteiger partial charge >= 0.3 is 0 Å². The largest absolute Gasteiger partial charge is 0.300 e. The van der Waals surface area contributed by atoms with Gasteiger partial charge in [0.1, 0.15) is 11.6 Å². The van der Waals surface area contributed by atoms with Crippen LogP contribution in [0.2, 0.25) is 0 Å². The van der Waals surface area contributed by atoms with Gasteiger partial charge in [0, 0.05) is 12.0 Å². The van der Waals surface area contributed by atoms with Crippen molar-refractivity contribution in [2.75, 3.05) is 13.1 Å². The summed E-state index contributed by atoms with van der Waals surface area (Å²) < 4.78 is 12.9. The minimum Gasteiger partial charge on any atom is -0.300 e. The summed E-state index contributed by atoms with van der Waals surface area (Å²) in [7, 11) is 0. The lowest BCUT2D eigenvalue weighted by molar-refractivity contribution is -0.123. The fourth-order valence-electron chi connectivity index (χ4n) is 3.34. The second-order valence-electron chi connectivity index (χ2n) is 6.22. The first kappa shape index (κ1) is 16.2. The number of likely N-dealkylation sites (tertiary alicyclic amines) is 1. The molecule has 1 aliphatic rings. The molecule has 0 N–H and O–H groups in total. The first-order valence-electron chi connectivity index (χ1n) is 8.07. The molecule has 1 fully saturated rings. The summed E-state index contributed by atoms with van der Waals surface area (Å²) in [5, 5.41) is 0. The second-order valence-corrected chi connectivity index (χ2v) is 6.22. The van der Waals surface area contributed by atoms with Gasteiger partial charge in [0.15, 0.2) is 0 Å². The number of rotatable bonds is 6. The van der Waals surface area contributed by atoms with E-state index in [2.05, 4.69) is 11.8 Å². The van der Waals surface area contributed by atoms with Gasteiger partial charge in [-0.15, -0.1) is 0 Å². The molecule has 2 unspecified atom stereocenters. The Balaban J connectivity index is 1.94. The van der Waals surface area contributed by atoms with E-state index in [1.54, 1.807) is 6.92 Å². The number of hydrogen-bond donors (Lipinski definition) is 0. The predicted molar refractivity (Wildman–Crippen MR) is 83.8 cm³/mol. The molecule has 1 aromatic rings. The van der Waals surface area contributed by atoms with Crippen LogP contribution in [0.1, 0.15) is 45.1 Å². The molecule has 0 bridgehead atoms. The lowest BCUT2D eigenvalue weighted by atomic mass is 9.88. The highest BCUT2D eigenvalue weighted by atomic mass is 19.1. The minimum atomic E-state index is -0.205. The predicted octanol–water partition coefficient (Wildman–Crippen LogP) is 3.84. The van der Waals surface area contributed by atoms with Crippen molar-refractivity contribution in [2.24, 2.45) is 5.92 Å². The van der Waals surface area contributed by atoms with Crippen LogP contribution in [-0.2, 0) is 11.2 Å². The topological polar surface area (TPSA) is 20.3 Å². The third kappa shape index (κ3) is 4.63. The number of hydrogen-bond acceptors (Lipinski definition) is 2. The van der Waals surface area contributed by atoms with Crippen molar-refractivity contribution in [2.45, 2.75) is 52.0 Å². The van der Waals surface area contributed by atoms with E-state index in [4.69, 9.17) is 0 Å². The Morgan fingerprint density at radius 2 is 1.81 bits per heavy atom. The highest BCUT2D eigenvalue weighted by molar-refractivity contribution is 5.79. The molecule has 1 aliphatic heterocycles. The normalized spacial score (nSPS) is 19.2. The molecule has 21 heavy (non-hydrogen) atoms. The lowest BCUT2D eigenvalue weighted by Gasteiger charge is -2.36. The molecule has 0 aliphatic carbocycles. The van der Waals surface area contributed by atoms with Gasteiger partial charge in [0.2, 0.25) is 0 Å². The maximum absolute atomic E-state index is 12.9. The van der Waals surface area contributed by atoms with Gasteiger partial charge in [-0.3, -0.25) is 9.69 Å². The number of aryl methyl sites for hydroxylation is 1. The number of ketones is 1. The summed E-state index contributed by atoms with van der Waals surface area (Å²) in [4.78, 5) is 14.5. The molecule has 116 valence electrons. The highest BCUT2D eigenvalue weighted by Crippen LogP contribution is 2.22. The van der Waals surface area contributed by atoms with Gasteiger partial charge in [-0.05, 0) is 70.3 Å². The summed E-state index contributed by atoms with van der Waals surface area (Å²) in [6, 6.07) is 6.93. The van der Waals surface area contributed by atoms with Crippen LogP contribution in [0, 0.1) is 11.7 Å². The first-order valence-corrected chi connectivity index (χ1v) is 8.07. The third-order valence-electron chi connectivity index (χ3n) is 4.73. The SMILES string of the molecule is CC(=O)C(CCc1ccc(F)cc1)C(C)N1CCCCC1. The number of benzene rings is 1. The summed E-state index contributed by atoms with van der Waals surface area (Å²) in [6.07, 6.45) is 5.48. The molecule has 0 radical (unpaired) electrons. The van der Waals surface area contributed by atoms with Crippen molar-refractivity contribution in [1.29, 1.82) is 0 Å². The minimum absolute atomic E-state index is 0.0770. The molecule has 3 heteroatoms. The summed E-state index contributed by atoms with van der Waals surface area (Å²) in [6.45, 7) is 6.11. The standard InChI is InChI=1S/C18H26FNO/c1-14(20-12-4-3-5-13-20)18(15(2)21)11-8-16-6-9-17(19)10-7-16/h6-7,9-10,14,18H,3-5,8,11-13H2,1-2H3. The van der Waals surface area contributed by atoms with Gasteiger partial charge in [-0.1, -0.05) is 18.6 Å². The molecular formula is C18H26FNO. The number of halogens is 1. The van der Waals surface area contributed by atoms with Crippen molar-refractivity contribution in [1.82, 2.24) is 4.90 Å². The zero-order valence-electron chi connectivity index (χ0n) is 13.1. The maximum Gasteiger partial charge on any atom is 0.134 e. The molecule has 0 saturated carbocycles. The van der Waals surface area contributed by atoms with Crippen LogP contribution in [-0.4, -0.2) is 29.8 Å². The summed E-state index contributed by atoms with van der Waals surface area (Å²) in [5.41, 5.74) is 1.11. The van der Waals surface area contributed by atoms with Gasteiger partial charge in [-0.25, -0.2) is 4.39 Å². The van der Waals surface area contributed by atoms with E-state index >= 15 is 0 Å². The van der Waals surface area contributed by atoms with E-state index in [1.165, 1.54) is 31.4 Å². The molecule has 0 spiro atoms. The average Bonchev–Trinajstić information content (AvgIpc) is 2.49. The van der Waals surface area contributed by atoms with Crippen molar-refractivity contribution >= 4 is 5.78 Å². The third-order valence-corrected chi connectivity index (χ3v) is 4.73. The van der Waals surface area contributed by atoms with E-state index in [0.717, 1.165) is 31.5 Å². The molecule has 2 nitrogen and oxygen atoms in total. The molecule has 1 aromatic carbocycles. The number of piperidine rings is 1. The van der Waals surface area contributed by atoms with E-state index in [0.29, 0.717) is 6.04 Å². The van der Waals surface area contributed by atoms with Crippen LogP contribution in [0.3, 0.4) is 0 Å². The number of carbonyl (C=O) groups excluding carboxylic acids is 1. The van der Waals surface area contributed by atoms with E-state index < -0.39 is 0 Å². The molecule has 2 atom stereocenters. The van der Waals surface area contributed by atoms with Gasteiger partial charge in [-0.2, -0.15) is 0 Å². The van der Waals surface area contributed by atoms with Crippen molar-refractivity contribution in [3.05, 3.63) is 35.6 Å². The van der Waals surface area contributed by atoms with Crippen LogP contribution >= 0.6 is 0 Å². The highest BCUT2D eigenvalue weighted by Gasteiger charge is 2.27. The molecule has 1 saturated heterocycles. The van der Waals surface area contributed by atoms with Gasteiger partial charge < -0.3 is 0 Å². The van der Waals surface area contributed by atoms with Crippen LogP contribution in [0.15, 0.2) is 24.3 Å². The zero-order chi connectivity index (χ0) is 15.2. The van der Waals surface area contributed by atoms with Crippen molar-refractivity contribution in [3.8, 4) is 0 Å². The second kappa shape index (κ2) is 7.69. The Kier molecular flexibility index (Phi) is 5.92. The Bertz CT molecular complexity index is 451. The van der Waals surface area contributed by atoms with Crippen LogP contribution in [0.25, 0.3) is 0 Å². The Morgan fingerprint density at radius 1 is 1.19 bits per heavy atom. The zero-order valence-corrected chi connectivity index (χ0v) is 13.1. The quantitative estimate of drug-likeness (QED) is 0.793. The maximum atomic E-state index is 12.9. The Hall–Kier alpha value is -1.22. The molecule has 1 heterocycles. The monoisotopic (exact) mass is 291 g/mol. The Morgan fingerprint density at radius 3 is 2.38 bits per heavy atom.